The van der Waals surface area contributed by atoms with Gasteiger partial charge < -0.3 is 19.8 Å². The highest BCUT2D eigenvalue weighted by atomic mass is 16.5. The van der Waals surface area contributed by atoms with Crippen LogP contribution < -0.4 is 20.8 Å². The first-order valence-corrected chi connectivity index (χ1v) is 6.65. The van der Waals surface area contributed by atoms with Gasteiger partial charge in [-0.2, -0.15) is 0 Å². The largest absolute Gasteiger partial charge is 0.493 e. The first kappa shape index (κ1) is 15.1. The van der Waals surface area contributed by atoms with Crippen LogP contribution in [0, 0.1) is 6.92 Å². The molecule has 5 heteroatoms. The number of rotatable bonds is 4. The van der Waals surface area contributed by atoms with Crippen LogP contribution >= 0.6 is 0 Å². The molecule has 1 aromatic carbocycles. The molecule has 1 heterocycles. The maximum absolute atomic E-state index is 12.3. The van der Waals surface area contributed by atoms with Gasteiger partial charge in [0.15, 0.2) is 11.5 Å². The van der Waals surface area contributed by atoms with Crippen LogP contribution in [-0.2, 0) is 13.6 Å². The van der Waals surface area contributed by atoms with Crippen molar-refractivity contribution in [2.24, 2.45) is 12.8 Å². The van der Waals surface area contributed by atoms with Gasteiger partial charge in [-0.3, -0.25) is 4.79 Å². The molecule has 0 unspecified atom stereocenters. The minimum absolute atomic E-state index is 0.0673. The van der Waals surface area contributed by atoms with Crippen molar-refractivity contribution in [3.8, 4) is 22.8 Å². The molecule has 0 aliphatic carbocycles. The Morgan fingerprint density at radius 3 is 2.38 bits per heavy atom. The van der Waals surface area contributed by atoms with Crippen molar-refractivity contribution in [1.29, 1.82) is 0 Å². The highest BCUT2D eigenvalue weighted by molar-refractivity contribution is 5.65. The van der Waals surface area contributed by atoms with Gasteiger partial charge in [-0.1, -0.05) is 0 Å². The van der Waals surface area contributed by atoms with Gasteiger partial charge in [0.2, 0.25) is 0 Å². The fraction of sp³-hybridized carbons (Fsp3) is 0.312. The number of nitrogens with zero attached hydrogens (tertiary/aromatic N) is 1. The lowest BCUT2D eigenvalue weighted by Crippen LogP contribution is -2.25. The van der Waals surface area contributed by atoms with E-state index in [2.05, 4.69) is 0 Å². The summed E-state index contributed by atoms with van der Waals surface area (Å²) in [4.78, 5) is 12.3. The Balaban J connectivity index is 2.65. The van der Waals surface area contributed by atoms with Crippen LogP contribution in [-0.4, -0.2) is 18.8 Å². The molecule has 0 aliphatic rings. The zero-order chi connectivity index (χ0) is 15.6. The molecule has 21 heavy (non-hydrogen) atoms. The highest BCUT2D eigenvalue weighted by Crippen LogP contribution is 2.32. The fourth-order valence-electron chi connectivity index (χ4n) is 2.39. The number of methoxy groups -OCH3 is 2. The normalized spacial score (nSPS) is 10.5. The molecule has 0 amide bonds. The van der Waals surface area contributed by atoms with E-state index < -0.39 is 0 Å². The van der Waals surface area contributed by atoms with Crippen molar-refractivity contribution in [2.45, 2.75) is 13.5 Å². The van der Waals surface area contributed by atoms with E-state index >= 15 is 0 Å². The van der Waals surface area contributed by atoms with Crippen molar-refractivity contribution in [3.05, 3.63) is 45.7 Å². The summed E-state index contributed by atoms with van der Waals surface area (Å²) in [6.07, 6.45) is 0. The highest BCUT2D eigenvalue weighted by Gasteiger charge is 2.12. The average molecular weight is 288 g/mol. The molecule has 1 aromatic heterocycles. The number of aromatic nitrogens is 1. The van der Waals surface area contributed by atoms with Crippen LogP contribution in [0.15, 0.2) is 29.1 Å². The van der Waals surface area contributed by atoms with E-state index in [0.717, 1.165) is 16.8 Å². The van der Waals surface area contributed by atoms with Crippen molar-refractivity contribution in [2.75, 3.05) is 14.2 Å². The molecular formula is C16H20N2O3. The number of aryl methyl sites for hydroxylation is 1. The molecule has 112 valence electrons. The Hall–Kier alpha value is -2.27. The van der Waals surface area contributed by atoms with Gasteiger partial charge in [0.1, 0.15) is 0 Å². The molecule has 0 radical (unpaired) electrons. The predicted molar refractivity (Wildman–Crippen MR) is 82.9 cm³/mol. The van der Waals surface area contributed by atoms with E-state index in [1.807, 2.05) is 31.2 Å². The molecule has 2 N–H and O–H groups in total. The Kier molecular flexibility index (Phi) is 4.33. The van der Waals surface area contributed by atoms with Crippen molar-refractivity contribution in [1.82, 2.24) is 4.57 Å². The molecule has 0 bridgehead atoms. The molecule has 0 atom stereocenters. The monoisotopic (exact) mass is 288 g/mol. The minimum atomic E-state index is -0.0673. The first-order valence-electron chi connectivity index (χ1n) is 6.65. The molecule has 0 fully saturated rings. The standard InChI is InChI=1S/C16H20N2O3/c1-10-7-13(18(2)16(19)12(10)9-17)11-5-6-14(20-3)15(8-11)21-4/h5-8H,9,17H2,1-4H3. The molecule has 0 saturated carbocycles. The number of nitrogens with two attached hydrogens (primary N) is 1. The van der Waals surface area contributed by atoms with E-state index in [-0.39, 0.29) is 12.1 Å². The van der Waals surface area contributed by atoms with Gasteiger partial charge in [0.05, 0.1) is 19.9 Å². The van der Waals surface area contributed by atoms with Crippen LogP contribution in [0.4, 0.5) is 0 Å². The average Bonchev–Trinajstić information content (AvgIpc) is 2.50. The number of hydrogen-bond donors (Lipinski definition) is 1. The quantitative estimate of drug-likeness (QED) is 0.932. The molecule has 0 spiro atoms. The summed E-state index contributed by atoms with van der Waals surface area (Å²) >= 11 is 0. The molecule has 2 rings (SSSR count). The first-order chi connectivity index (χ1) is 10.0. The summed E-state index contributed by atoms with van der Waals surface area (Å²) < 4.78 is 12.2. The second-order valence-corrected chi connectivity index (χ2v) is 4.83. The van der Waals surface area contributed by atoms with Crippen LogP contribution in [0.5, 0.6) is 11.5 Å². The Labute approximate surface area is 123 Å². The summed E-state index contributed by atoms with van der Waals surface area (Å²) in [6.45, 7) is 2.14. The predicted octanol–water partition coefficient (Wildman–Crippen LogP) is 1.84. The van der Waals surface area contributed by atoms with E-state index in [0.29, 0.717) is 17.1 Å². The van der Waals surface area contributed by atoms with E-state index in [1.165, 1.54) is 0 Å². The van der Waals surface area contributed by atoms with Gasteiger partial charge in [-0.05, 0) is 36.8 Å². The number of benzene rings is 1. The lowest BCUT2D eigenvalue weighted by atomic mass is 10.0. The van der Waals surface area contributed by atoms with Gasteiger partial charge >= 0.3 is 0 Å². The zero-order valence-corrected chi connectivity index (χ0v) is 12.8. The third kappa shape index (κ3) is 2.64. The Morgan fingerprint density at radius 2 is 1.81 bits per heavy atom. The van der Waals surface area contributed by atoms with Crippen LogP contribution in [0.25, 0.3) is 11.3 Å². The maximum atomic E-state index is 12.3. The summed E-state index contributed by atoms with van der Waals surface area (Å²) in [5.74, 6) is 1.28. The number of pyridine rings is 1. The third-order valence-electron chi connectivity index (χ3n) is 3.64. The second kappa shape index (κ2) is 6.01. The van der Waals surface area contributed by atoms with Crippen molar-refractivity contribution in [3.63, 3.8) is 0 Å². The molecule has 5 nitrogen and oxygen atoms in total. The second-order valence-electron chi connectivity index (χ2n) is 4.83. The SMILES string of the molecule is COc1ccc(-c2cc(C)c(CN)c(=O)n2C)cc1OC. The van der Waals surface area contributed by atoms with E-state index in [9.17, 15) is 4.79 Å². The van der Waals surface area contributed by atoms with Crippen LogP contribution in [0.2, 0.25) is 0 Å². The Bertz CT molecular complexity index is 720. The van der Waals surface area contributed by atoms with Crippen molar-refractivity contribution < 1.29 is 9.47 Å². The van der Waals surface area contributed by atoms with Crippen molar-refractivity contribution >= 4 is 0 Å². The summed E-state index contributed by atoms with van der Waals surface area (Å²) in [6, 6.07) is 7.54. The van der Waals surface area contributed by atoms with Gasteiger partial charge in [-0.25, -0.2) is 0 Å². The Morgan fingerprint density at radius 1 is 1.14 bits per heavy atom. The molecule has 0 aliphatic heterocycles. The maximum Gasteiger partial charge on any atom is 0.255 e. The summed E-state index contributed by atoms with van der Waals surface area (Å²) in [5.41, 5.74) is 8.81. The molecule has 0 saturated heterocycles. The van der Waals surface area contributed by atoms with Gasteiger partial charge in [0.25, 0.3) is 5.56 Å². The fourth-order valence-corrected chi connectivity index (χ4v) is 2.39. The molecular weight excluding hydrogens is 268 g/mol. The van der Waals surface area contributed by atoms with Gasteiger partial charge in [0, 0.05) is 24.7 Å². The molecule has 2 aromatic rings. The number of ether oxygens (including phenoxy) is 2. The van der Waals surface area contributed by atoms with Crippen LogP contribution in [0.3, 0.4) is 0 Å². The smallest absolute Gasteiger partial charge is 0.255 e. The summed E-state index contributed by atoms with van der Waals surface area (Å²) in [7, 11) is 4.92. The topological polar surface area (TPSA) is 66.5 Å². The van der Waals surface area contributed by atoms with E-state index in [1.54, 1.807) is 25.8 Å². The lowest BCUT2D eigenvalue weighted by molar-refractivity contribution is 0.355. The number of hydrogen-bond acceptors (Lipinski definition) is 4. The van der Waals surface area contributed by atoms with Gasteiger partial charge in [-0.15, -0.1) is 0 Å². The third-order valence-corrected chi connectivity index (χ3v) is 3.64. The van der Waals surface area contributed by atoms with Crippen LogP contribution in [0.1, 0.15) is 11.1 Å². The lowest BCUT2D eigenvalue weighted by Gasteiger charge is -2.14. The van der Waals surface area contributed by atoms with E-state index in [4.69, 9.17) is 15.2 Å². The zero-order valence-electron chi connectivity index (χ0n) is 12.8. The summed E-state index contributed by atoms with van der Waals surface area (Å²) in [5, 5.41) is 0. The minimum Gasteiger partial charge on any atom is -0.493 e.